The quantitative estimate of drug-likeness (QED) is 0.875. The maximum Gasteiger partial charge on any atom is 0.274 e. The molecular formula is C13H14ClN3O. The fraction of sp³-hybridized carbons (Fsp3) is 0.154. The number of aryl methyl sites for hydroxylation is 1. The minimum Gasteiger partial charge on any atom is -0.397 e. The van der Waals surface area contributed by atoms with Gasteiger partial charge >= 0.3 is 0 Å². The molecule has 0 saturated heterocycles. The van der Waals surface area contributed by atoms with Crippen LogP contribution in [0.25, 0.3) is 0 Å². The highest BCUT2D eigenvalue weighted by Crippen LogP contribution is 2.20. The Morgan fingerprint density at radius 3 is 2.67 bits per heavy atom. The average Bonchev–Trinajstić information content (AvgIpc) is 2.53. The largest absolute Gasteiger partial charge is 0.397 e. The number of hydrogen-bond donors (Lipinski definition) is 2. The number of halogens is 1. The summed E-state index contributed by atoms with van der Waals surface area (Å²) >= 11 is 5.86. The maximum atomic E-state index is 12.1. The summed E-state index contributed by atoms with van der Waals surface area (Å²) in [5, 5.41) is 3.34. The summed E-state index contributed by atoms with van der Waals surface area (Å²) in [7, 11) is 1.80. The normalized spacial score (nSPS) is 10.4. The predicted octanol–water partition coefficient (Wildman–Crippen LogP) is 2.82. The van der Waals surface area contributed by atoms with Gasteiger partial charge in [-0.2, -0.15) is 0 Å². The number of nitrogen functional groups attached to an aromatic ring is 1. The lowest BCUT2D eigenvalue weighted by atomic mass is 10.3. The zero-order valence-corrected chi connectivity index (χ0v) is 11.0. The highest BCUT2D eigenvalue weighted by molar-refractivity contribution is 6.31. The van der Waals surface area contributed by atoms with Crippen molar-refractivity contribution >= 4 is 28.9 Å². The summed E-state index contributed by atoms with van der Waals surface area (Å²) in [5.74, 6) is -0.245. The summed E-state index contributed by atoms with van der Waals surface area (Å²) in [5.41, 5.74) is 8.32. The van der Waals surface area contributed by atoms with E-state index in [1.54, 1.807) is 41.9 Å². The van der Waals surface area contributed by atoms with E-state index in [4.69, 9.17) is 17.3 Å². The highest BCUT2D eigenvalue weighted by Gasteiger charge is 2.16. The van der Waals surface area contributed by atoms with Gasteiger partial charge in [-0.1, -0.05) is 17.7 Å². The fourth-order valence-electron chi connectivity index (χ4n) is 1.80. The lowest BCUT2D eigenvalue weighted by Crippen LogP contribution is -2.17. The van der Waals surface area contributed by atoms with Crippen LogP contribution in [-0.4, -0.2) is 10.5 Å². The lowest BCUT2D eigenvalue weighted by Gasteiger charge is -2.08. The molecule has 0 unspecified atom stereocenters. The zero-order valence-electron chi connectivity index (χ0n) is 10.2. The first-order valence-corrected chi connectivity index (χ1v) is 5.85. The molecule has 5 heteroatoms. The highest BCUT2D eigenvalue weighted by atomic mass is 35.5. The third-order valence-electron chi connectivity index (χ3n) is 2.80. The Balaban J connectivity index is 2.27. The number of rotatable bonds is 2. The van der Waals surface area contributed by atoms with Crippen LogP contribution in [0.5, 0.6) is 0 Å². The van der Waals surface area contributed by atoms with Crippen LogP contribution in [0.3, 0.4) is 0 Å². The number of amides is 1. The Kier molecular flexibility index (Phi) is 3.30. The lowest BCUT2D eigenvalue weighted by molar-refractivity contribution is 0.102. The molecule has 0 atom stereocenters. The van der Waals surface area contributed by atoms with E-state index in [9.17, 15) is 4.79 Å². The molecule has 0 aliphatic rings. The molecule has 4 nitrogen and oxygen atoms in total. The zero-order chi connectivity index (χ0) is 13.3. The van der Waals surface area contributed by atoms with Crippen molar-refractivity contribution in [2.24, 2.45) is 7.05 Å². The second kappa shape index (κ2) is 4.74. The smallest absolute Gasteiger partial charge is 0.274 e. The third-order valence-corrected chi connectivity index (χ3v) is 3.03. The fourth-order valence-corrected chi connectivity index (χ4v) is 1.99. The average molecular weight is 264 g/mol. The van der Waals surface area contributed by atoms with E-state index in [2.05, 4.69) is 5.32 Å². The second-order valence-corrected chi connectivity index (χ2v) is 4.55. The molecule has 1 aromatic carbocycles. The van der Waals surface area contributed by atoms with Crippen molar-refractivity contribution in [3.8, 4) is 0 Å². The molecule has 3 N–H and O–H groups in total. The number of hydrogen-bond acceptors (Lipinski definition) is 2. The molecule has 0 aliphatic heterocycles. The van der Waals surface area contributed by atoms with E-state index in [-0.39, 0.29) is 5.91 Å². The van der Waals surface area contributed by atoms with Gasteiger partial charge in [0, 0.05) is 23.5 Å². The second-order valence-electron chi connectivity index (χ2n) is 4.11. The van der Waals surface area contributed by atoms with Gasteiger partial charge in [-0.15, -0.1) is 0 Å². The van der Waals surface area contributed by atoms with E-state index < -0.39 is 0 Å². The number of anilines is 2. The molecule has 2 rings (SSSR count). The standard InChI is InChI=1S/C13H14ClN3O/c1-8-6-11(15)12(17(8)2)13(18)16-10-5-3-4-9(14)7-10/h3-7H,15H2,1-2H3,(H,16,18). The Hall–Kier alpha value is -1.94. The van der Waals surface area contributed by atoms with Gasteiger partial charge in [-0.3, -0.25) is 4.79 Å². The van der Waals surface area contributed by atoms with E-state index in [0.29, 0.717) is 22.1 Å². The van der Waals surface area contributed by atoms with Gasteiger partial charge in [0.1, 0.15) is 5.69 Å². The third kappa shape index (κ3) is 2.33. The molecule has 94 valence electrons. The van der Waals surface area contributed by atoms with Gasteiger partial charge in [-0.05, 0) is 31.2 Å². The molecule has 1 heterocycles. The molecule has 2 aromatic rings. The van der Waals surface area contributed by atoms with E-state index in [0.717, 1.165) is 5.69 Å². The van der Waals surface area contributed by atoms with Crippen LogP contribution in [-0.2, 0) is 7.05 Å². The first kappa shape index (κ1) is 12.5. The number of aromatic nitrogens is 1. The molecule has 0 aliphatic carbocycles. The van der Waals surface area contributed by atoms with Crippen molar-refractivity contribution in [3.63, 3.8) is 0 Å². The van der Waals surface area contributed by atoms with Crippen LogP contribution in [0.1, 0.15) is 16.2 Å². The number of benzene rings is 1. The van der Waals surface area contributed by atoms with Crippen molar-refractivity contribution in [2.45, 2.75) is 6.92 Å². The Morgan fingerprint density at radius 2 is 2.11 bits per heavy atom. The minimum atomic E-state index is -0.245. The van der Waals surface area contributed by atoms with Crippen molar-refractivity contribution in [3.05, 3.63) is 46.7 Å². The monoisotopic (exact) mass is 263 g/mol. The number of carbonyl (C=O) groups is 1. The molecule has 0 fully saturated rings. The van der Waals surface area contributed by atoms with E-state index in [1.807, 2.05) is 6.92 Å². The molecule has 1 aromatic heterocycles. The summed E-state index contributed by atoms with van der Waals surface area (Å²) in [6.07, 6.45) is 0. The number of nitrogens with one attached hydrogen (secondary N) is 1. The summed E-state index contributed by atoms with van der Waals surface area (Å²) in [6, 6.07) is 8.75. The van der Waals surface area contributed by atoms with Crippen LogP contribution in [0, 0.1) is 6.92 Å². The summed E-state index contributed by atoms with van der Waals surface area (Å²) in [6.45, 7) is 1.90. The summed E-state index contributed by atoms with van der Waals surface area (Å²) < 4.78 is 1.76. The predicted molar refractivity (Wildman–Crippen MR) is 74.0 cm³/mol. The van der Waals surface area contributed by atoms with Gasteiger partial charge in [0.05, 0.1) is 5.69 Å². The first-order valence-electron chi connectivity index (χ1n) is 5.47. The van der Waals surface area contributed by atoms with E-state index in [1.165, 1.54) is 0 Å². The van der Waals surface area contributed by atoms with Crippen molar-refractivity contribution < 1.29 is 4.79 Å². The van der Waals surface area contributed by atoms with E-state index >= 15 is 0 Å². The Labute approximate surface area is 110 Å². The molecule has 18 heavy (non-hydrogen) atoms. The molecule has 0 saturated carbocycles. The maximum absolute atomic E-state index is 12.1. The Morgan fingerprint density at radius 1 is 1.39 bits per heavy atom. The van der Waals surface area contributed by atoms with Gasteiger partial charge in [0.2, 0.25) is 0 Å². The van der Waals surface area contributed by atoms with Gasteiger partial charge < -0.3 is 15.6 Å². The van der Waals surface area contributed by atoms with Crippen molar-refractivity contribution in [2.75, 3.05) is 11.1 Å². The molecule has 0 spiro atoms. The van der Waals surface area contributed by atoms with Gasteiger partial charge in [0.15, 0.2) is 0 Å². The SMILES string of the molecule is Cc1cc(N)c(C(=O)Nc2cccc(Cl)c2)n1C. The first-order chi connectivity index (χ1) is 8.49. The van der Waals surface area contributed by atoms with Crippen LogP contribution in [0.15, 0.2) is 30.3 Å². The number of carbonyl (C=O) groups excluding carboxylic acids is 1. The minimum absolute atomic E-state index is 0.245. The summed E-state index contributed by atoms with van der Waals surface area (Å²) in [4.78, 5) is 12.1. The molecular weight excluding hydrogens is 250 g/mol. The molecule has 0 bridgehead atoms. The molecule has 1 amide bonds. The van der Waals surface area contributed by atoms with Gasteiger partial charge in [0.25, 0.3) is 5.91 Å². The van der Waals surface area contributed by atoms with Crippen LogP contribution in [0.4, 0.5) is 11.4 Å². The number of nitrogens with two attached hydrogens (primary N) is 1. The number of nitrogens with zero attached hydrogens (tertiary/aromatic N) is 1. The van der Waals surface area contributed by atoms with Crippen molar-refractivity contribution in [1.82, 2.24) is 4.57 Å². The Bertz CT molecular complexity index is 604. The van der Waals surface area contributed by atoms with Crippen LogP contribution in [0.2, 0.25) is 5.02 Å². The topological polar surface area (TPSA) is 60.1 Å². The van der Waals surface area contributed by atoms with Crippen LogP contribution >= 0.6 is 11.6 Å². The van der Waals surface area contributed by atoms with Crippen molar-refractivity contribution in [1.29, 1.82) is 0 Å². The van der Waals surface area contributed by atoms with Gasteiger partial charge in [-0.25, -0.2) is 0 Å². The molecule has 0 radical (unpaired) electrons. The van der Waals surface area contributed by atoms with Crippen LogP contribution < -0.4 is 11.1 Å².